The third kappa shape index (κ3) is 2.71. The fraction of sp³-hybridized carbons (Fsp3) is 0.294. The summed E-state index contributed by atoms with van der Waals surface area (Å²) in [7, 11) is 0. The Hall–Kier alpha value is -2.30. The van der Waals surface area contributed by atoms with E-state index < -0.39 is 17.7 Å². The van der Waals surface area contributed by atoms with Crippen LogP contribution in [-0.4, -0.2) is 16.8 Å². The number of carbonyl (C=O) groups excluding carboxylic acids is 1. The minimum absolute atomic E-state index is 0.364. The molecule has 1 aromatic heterocycles. The molecule has 5 heteroatoms. The normalized spacial score (nSPS) is 18.8. The van der Waals surface area contributed by atoms with Gasteiger partial charge in [0.25, 0.3) is 5.92 Å². The van der Waals surface area contributed by atoms with Crippen LogP contribution in [0.4, 0.5) is 14.5 Å². The fourth-order valence-electron chi connectivity index (χ4n) is 2.45. The summed E-state index contributed by atoms with van der Waals surface area (Å²) in [6.07, 6.45) is 1.34. The number of rotatable bonds is 3. The van der Waals surface area contributed by atoms with Crippen molar-refractivity contribution in [3.63, 3.8) is 0 Å². The summed E-state index contributed by atoms with van der Waals surface area (Å²) in [6, 6.07) is 9.16. The molecule has 114 valence electrons. The monoisotopic (exact) mass is 302 g/mol. The Kier molecular flexibility index (Phi) is 3.43. The molecule has 3 nitrogen and oxygen atoms in total. The Morgan fingerprint density at radius 3 is 2.64 bits per heavy atom. The van der Waals surface area contributed by atoms with Gasteiger partial charge in [-0.15, -0.1) is 0 Å². The van der Waals surface area contributed by atoms with Crippen LogP contribution in [0.2, 0.25) is 0 Å². The van der Waals surface area contributed by atoms with Crippen LogP contribution in [-0.2, 0) is 4.79 Å². The molecule has 0 saturated heterocycles. The van der Waals surface area contributed by atoms with Crippen molar-refractivity contribution in [2.24, 2.45) is 5.92 Å². The summed E-state index contributed by atoms with van der Waals surface area (Å²) in [5.41, 5.74) is 4.25. The number of halogens is 2. The van der Waals surface area contributed by atoms with Crippen molar-refractivity contribution >= 4 is 11.6 Å². The Bertz CT molecular complexity index is 743. The molecule has 22 heavy (non-hydrogen) atoms. The van der Waals surface area contributed by atoms with E-state index in [1.165, 1.54) is 0 Å². The number of amides is 1. The number of pyridine rings is 1. The van der Waals surface area contributed by atoms with Gasteiger partial charge in [-0.05, 0) is 43.2 Å². The Morgan fingerprint density at radius 2 is 2.00 bits per heavy atom. The van der Waals surface area contributed by atoms with Gasteiger partial charge in [0.05, 0.1) is 5.69 Å². The topological polar surface area (TPSA) is 42.0 Å². The summed E-state index contributed by atoms with van der Waals surface area (Å²) >= 11 is 0. The molecule has 1 heterocycles. The lowest BCUT2D eigenvalue weighted by Crippen LogP contribution is -2.17. The minimum atomic E-state index is -2.85. The molecular formula is C17H16F2N2O. The molecule has 1 aliphatic rings. The molecular weight excluding hydrogens is 286 g/mol. The van der Waals surface area contributed by atoms with Gasteiger partial charge < -0.3 is 5.32 Å². The minimum Gasteiger partial charge on any atom is -0.326 e. The van der Waals surface area contributed by atoms with Crippen LogP contribution >= 0.6 is 0 Å². The molecule has 0 aliphatic heterocycles. The van der Waals surface area contributed by atoms with Crippen LogP contribution in [0.1, 0.15) is 17.5 Å². The van der Waals surface area contributed by atoms with Gasteiger partial charge in [0.1, 0.15) is 5.92 Å². The van der Waals surface area contributed by atoms with Crippen molar-refractivity contribution < 1.29 is 13.6 Å². The first-order valence-corrected chi connectivity index (χ1v) is 7.10. The zero-order valence-corrected chi connectivity index (χ0v) is 12.4. The standard InChI is InChI=1S/C17H16F2N2O/c1-10-5-6-12(21-16(22)14-9-17(14,18)19)8-13(10)15-11(2)4-3-7-20-15/h3-8,14H,9H2,1-2H3,(H,21,22)/t14-/m0/s1. The van der Waals surface area contributed by atoms with Gasteiger partial charge in [-0.3, -0.25) is 9.78 Å². The maximum atomic E-state index is 12.9. The molecule has 0 radical (unpaired) electrons. The van der Waals surface area contributed by atoms with Gasteiger partial charge in [0.15, 0.2) is 0 Å². The summed E-state index contributed by atoms with van der Waals surface area (Å²) < 4.78 is 25.9. The molecule has 3 rings (SSSR count). The first-order valence-electron chi connectivity index (χ1n) is 7.10. The van der Waals surface area contributed by atoms with Crippen LogP contribution in [0.25, 0.3) is 11.3 Å². The molecule has 1 fully saturated rings. The first kappa shape index (κ1) is 14.6. The van der Waals surface area contributed by atoms with Crippen molar-refractivity contribution in [2.75, 3.05) is 5.32 Å². The van der Waals surface area contributed by atoms with E-state index >= 15 is 0 Å². The highest BCUT2D eigenvalue weighted by Gasteiger charge is 2.61. The highest BCUT2D eigenvalue weighted by atomic mass is 19.3. The molecule has 1 aliphatic carbocycles. The number of benzene rings is 1. The largest absolute Gasteiger partial charge is 0.326 e. The lowest BCUT2D eigenvalue weighted by molar-refractivity contribution is -0.119. The number of hydrogen-bond acceptors (Lipinski definition) is 2. The van der Waals surface area contributed by atoms with E-state index in [9.17, 15) is 13.6 Å². The predicted molar refractivity (Wildman–Crippen MR) is 80.8 cm³/mol. The molecule has 2 aromatic rings. The Labute approximate surface area is 127 Å². The van der Waals surface area contributed by atoms with Gasteiger partial charge in [0, 0.05) is 23.9 Å². The van der Waals surface area contributed by atoms with Gasteiger partial charge in [-0.25, -0.2) is 8.78 Å². The summed E-state index contributed by atoms with van der Waals surface area (Å²) in [4.78, 5) is 16.2. The van der Waals surface area contributed by atoms with E-state index in [1.807, 2.05) is 32.0 Å². The smallest absolute Gasteiger partial charge is 0.260 e. The third-order valence-corrected chi connectivity index (χ3v) is 3.91. The molecule has 1 saturated carbocycles. The summed E-state index contributed by atoms with van der Waals surface area (Å²) in [5, 5.41) is 2.57. The Morgan fingerprint density at radius 1 is 1.27 bits per heavy atom. The highest BCUT2D eigenvalue weighted by Crippen LogP contribution is 2.49. The number of anilines is 1. The summed E-state index contributed by atoms with van der Waals surface area (Å²) in [6.45, 7) is 3.90. The average Bonchev–Trinajstić information content (AvgIpc) is 3.11. The van der Waals surface area contributed by atoms with E-state index in [0.717, 1.165) is 22.4 Å². The molecule has 0 unspecified atom stereocenters. The van der Waals surface area contributed by atoms with Gasteiger partial charge in [-0.1, -0.05) is 12.1 Å². The molecule has 1 amide bonds. The number of hydrogen-bond donors (Lipinski definition) is 1. The van der Waals surface area contributed by atoms with Crippen LogP contribution in [0.15, 0.2) is 36.5 Å². The average molecular weight is 302 g/mol. The van der Waals surface area contributed by atoms with Crippen LogP contribution < -0.4 is 5.32 Å². The van der Waals surface area contributed by atoms with Gasteiger partial charge >= 0.3 is 0 Å². The van der Waals surface area contributed by atoms with Crippen molar-refractivity contribution in [2.45, 2.75) is 26.2 Å². The number of aryl methyl sites for hydroxylation is 2. The van der Waals surface area contributed by atoms with Crippen molar-refractivity contribution in [1.82, 2.24) is 4.98 Å². The zero-order valence-electron chi connectivity index (χ0n) is 12.4. The zero-order chi connectivity index (χ0) is 15.9. The second kappa shape index (κ2) is 5.16. The highest BCUT2D eigenvalue weighted by molar-refractivity contribution is 5.96. The SMILES string of the molecule is Cc1ccc(NC(=O)[C@@H]2CC2(F)F)cc1-c1ncccc1C. The van der Waals surface area contributed by atoms with E-state index in [4.69, 9.17) is 0 Å². The second-order valence-electron chi connectivity index (χ2n) is 5.71. The van der Waals surface area contributed by atoms with Crippen LogP contribution in [0.5, 0.6) is 0 Å². The van der Waals surface area contributed by atoms with E-state index in [-0.39, 0.29) is 6.42 Å². The lowest BCUT2D eigenvalue weighted by atomic mass is 10.0. The lowest BCUT2D eigenvalue weighted by Gasteiger charge is -2.11. The number of aromatic nitrogens is 1. The van der Waals surface area contributed by atoms with Crippen molar-refractivity contribution in [3.05, 3.63) is 47.7 Å². The molecule has 0 spiro atoms. The third-order valence-electron chi connectivity index (χ3n) is 3.91. The number of nitrogens with zero attached hydrogens (tertiary/aromatic N) is 1. The van der Waals surface area contributed by atoms with Crippen molar-refractivity contribution in [1.29, 1.82) is 0 Å². The quantitative estimate of drug-likeness (QED) is 0.932. The van der Waals surface area contributed by atoms with Crippen molar-refractivity contribution in [3.8, 4) is 11.3 Å². The maximum absolute atomic E-state index is 12.9. The second-order valence-corrected chi connectivity index (χ2v) is 5.71. The molecule has 0 bridgehead atoms. The summed E-state index contributed by atoms with van der Waals surface area (Å²) in [5.74, 6) is -4.68. The van der Waals surface area contributed by atoms with E-state index in [1.54, 1.807) is 18.3 Å². The number of alkyl halides is 2. The van der Waals surface area contributed by atoms with Gasteiger partial charge in [0.2, 0.25) is 5.91 Å². The van der Waals surface area contributed by atoms with E-state index in [2.05, 4.69) is 10.3 Å². The molecule has 1 aromatic carbocycles. The maximum Gasteiger partial charge on any atom is 0.260 e. The molecule has 1 atom stereocenters. The van der Waals surface area contributed by atoms with Crippen LogP contribution in [0.3, 0.4) is 0 Å². The van der Waals surface area contributed by atoms with Gasteiger partial charge in [-0.2, -0.15) is 0 Å². The van der Waals surface area contributed by atoms with Crippen LogP contribution in [0, 0.1) is 19.8 Å². The fourth-order valence-corrected chi connectivity index (χ4v) is 2.45. The Balaban J connectivity index is 1.88. The number of carbonyl (C=O) groups is 1. The molecule has 1 N–H and O–H groups in total. The first-order chi connectivity index (χ1) is 10.4. The predicted octanol–water partition coefficient (Wildman–Crippen LogP) is 3.96. The van der Waals surface area contributed by atoms with E-state index in [0.29, 0.717) is 5.69 Å². The number of nitrogens with one attached hydrogen (secondary N) is 1.